The van der Waals surface area contributed by atoms with E-state index in [1.807, 2.05) is 0 Å². The zero-order valence-electron chi connectivity index (χ0n) is 21.7. The number of fused-ring (bicyclic) bond motifs is 1. The molecule has 0 fully saturated rings. The second-order valence-electron chi connectivity index (χ2n) is 4.85. The number of imidazole rings is 1. The fraction of sp³-hybridized carbons (Fsp3) is 0.312. The van der Waals surface area contributed by atoms with Gasteiger partial charge in [-0.3, -0.25) is 9.97 Å². The lowest BCUT2D eigenvalue weighted by Gasteiger charge is -2.13. The van der Waals surface area contributed by atoms with Crippen molar-refractivity contribution in [3.8, 4) is 11.6 Å². The number of hydrogen-bond donors (Lipinski definition) is 1. The zero-order chi connectivity index (χ0) is 24.9. The van der Waals surface area contributed by atoms with Gasteiger partial charge in [0.2, 0.25) is 5.88 Å². The molecule has 126 valence electrons. The summed E-state index contributed by atoms with van der Waals surface area (Å²) in [5.74, 6) is -0.931. The monoisotopic (exact) mass is 355 g/mol. The summed E-state index contributed by atoms with van der Waals surface area (Å²) in [7, 11) is -5.64. The highest BCUT2D eigenvalue weighted by Gasteiger charge is 2.21. The van der Waals surface area contributed by atoms with Gasteiger partial charge in [-0.05, 0) is 19.9 Å². The summed E-state index contributed by atoms with van der Waals surface area (Å²) in [5, 5.41) is -0.136. The summed E-state index contributed by atoms with van der Waals surface area (Å²) in [6, 6.07) is -1.03. The van der Waals surface area contributed by atoms with Crippen molar-refractivity contribution in [2.75, 3.05) is 14.1 Å². The second-order valence-corrected chi connectivity index (χ2v) is 6.22. The van der Waals surface area contributed by atoms with Gasteiger partial charge in [0.25, 0.3) is 0 Å². The highest BCUT2D eigenvalue weighted by atomic mass is 32.2. The summed E-state index contributed by atoms with van der Waals surface area (Å²) >= 11 is -1.91. The van der Waals surface area contributed by atoms with Gasteiger partial charge in [-0.15, -0.1) is 0 Å². The number of pyridine rings is 2. The SMILES string of the molecule is [2H]c1nc(C[S+]([O-])c2nc3nc(OC([2H])([2H])[2H])c([2H])c([2H])c3[nH]2)c(C)c(OC([2H])([2H])[2H])c1C. The van der Waals surface area contributed by atoms with Crippen LogP contribution in [0.4, 0.5) is 0 Å². The molecule has 0 aliphatic heterocycles. The van der Waals surface area contributed by atoms with Crippen molar-refractivity contribution in [1.29, 1.82) is 0 Å². The largest absolute Gasteiger partial charge is 0.609 e. The van der Waals surface area contributed by atoms with Gasteiger partial charge in [0.05, 0.1) is 37.6 Å². The van der Waals surface area contributed by atoms with Crippen LogP contribution in [0.3, 0.4) is 0 Å². The first-order valence-electron chi connectivity index (χ1n) is 11.2. The predicted octanol–water partition coefficient (Wildman–Crippen LogP) is 2.29. The number of nitrogens with one attached hydrogen (secondary N) is 1. The van der Waals surface area contributed by atoms with E-state index >= 15 is 0 Å². The van der Waals surface area contributed by atoms with Crippen molar-refractivity contribution in [2.24, 2.45) is 0 Å². The summed E-state index contributed by atoms with van der Waals surface area (Å²) in [4.78, 5) is 14.6. The van der Waals surface area contributed by atoms with Crippen LogP contribution in [0.5, 0.6) is 11.6 Å². The summed E-state index contributed by atoms with van der Waals surface area (Å²) < 4.78 is 89.9. The number of ether oxygens (including phenoxy) is 2. The predicted molar refractivity (Wildman–Crippen MR) is 90.8 cm³/mol. The van der Waals surface area contributed by atoms with E-state index in [-0.39, 0.29) is 45.3 Å². The highest BCUT2D eigenvalue weighted by Crippen LogP contribution is 2.26. The van der Waals surface area contributed by atoms with Gasteiger partial charge in [0.1, 0.15) is 5.75 Å². The Morgan fingerprint density at radius 2 is 2.12 bits per heavy atom. The van der Waals surface area contributed by atoms with E-state index in [4.69, 9.17) is 17.1 Å². The maximum Gasteiger partial charge on any atom is 0.323 e. The molecule has 1 atom stereocenters. The molecule has 1 unspecified atom stereocenters. The Morgan fingerprint density at radius 3 is 2.92 bits per heavy atom. The van der Waals surface area contributed by atoms with Crippen LogP contribution in [-0.2, 0) is 16.9 Å². The maximum absolute atomic E-state index is 12.9. The van der Waals surface area contributed by atoms with Gasteiger partial charge in [0, 0.05) is 34.5 Å². The summed E-state index contributed by atoms with van der Waals surface area (Å²) in [6.07, 6.45) is -0.239. The average molecular weight is 355 g/mol. The van der Waals surface area contributed by atoms with Crippen molar-refractivity contribution < 1.29 is 26.4 Å². The Bertz CT molecular complexity index is 1210. The van der Waals surface area contributed by atoms with Crippen LogP contribution >= 0.6 is 0 Å². The third-order valence-corrected chi connectivity index (χ3v) is 4.48. The topological polar surface area (TPSA) is 96.0 Å². The van der Waals surface area contributed by atoms with E-state index in [9.17, 15) is 4.55 Å². The van der Waals surface area contributed by atoms with Crippen LogP contribution in [0, 0.1) is 13.8 Å². The molecule has 3 rings (SSSR count). The van der Waals surface area contributed by atoms with Crippen LogP contribution < -0.4 is 9.47 Å². The van der Waals surface area contributed by atoms with E-state index in [0.717, 1.165) is 0 Å². The van der Waals surface area contributed by atoms with Crippen LogP contribution in [-0.4, -0.2) is 38.6 Å². The van der Waals surface area contributed by atoms with E-state index in [0.29, 0.717) is 5.56 Å². The maximum atomic E-state index is 12.9. The molecule has 0 spiro atoms. The van der Waals surface area contributed by atoms with E-state index in [2.05, 4.69) is 24.7 Å². The number of aromatic amines is 1. The minimum Gasteiger partial charge on any atom is -0.609 e. The number of rotatable bonds is 5. The van der Waals surface area contributed by atoms with Crippen molar-refractivity contribution in [3.63, 3.8) is 0 Å². The lowest BCUT2D eigenvalue weighted by molar-refractivity contribution is 0.399. The number of methoxy groups -OCH3 is 2. The molecule has 0 radical (unpaired) electrons. The minimum absolute atomic E-state index is 0.0394. The molecular weight excluding hydrogens is 328 g/mol. The van der Waals surface area contributed by atoms with Crippen LogP contribution in [0.1, 0.15) is 29.2 Å². The summed E-state index contributed by atoms with van der Waals surface area (Å²) in [5.41, 5.74) is 0.456. The summed E-state index contributed by atoms with van der Waals surface area (Å²) in [6.45, 7) is 3.02. The number of hydrogen-bond acceptors (Lipinski definition) is 6. The molecule has 0 bridgehead atoms. The van der Waals surface area contributed by atoms with Crippen LogP contribution in [0.25, 0.3) is 11.2 Å². The molecule has 0 amide bonds. The molecule has 3 aromatic rings. The molecule has 3 aromatic heterocycles. The first kappa shape index (κ1) is 8.68. The molecular formula is C16H18N4O3S. The minimum atomic E-state index is -2.89. The fourth-order valence-electron chi connectivity index (χ4n) is 2.09. The highest BCUT2D eigenvalue weighted by molar-refractivity contribution is 7.90. The van der Waals surface area contributed by atoms with Crippen LogP contribution in [0.2, 0.25) is 0 Å². The number of nitrogens with zero attached hydrogens (tertiary/aromatic N) is 3. The molecule has 3 heterocycles. The van der Waals surface area contributed by atoms with Crippen molar-refractivity contribution in [2.45, 2.75) is 24.8 Å². The molecule has 24 heavy (non-hydrogen) atoms. The Balaban J connectivity index is 1.97. The molecule has 1 N–H and O–H groups in total. The molecule has 0 aromatic carbocycles. The molecule has 8 heteroatoms. The average Bonchev–Trinajstić information content (AvgIpc) is 3.10. The smallest absolute Gasteiger partial charge is 0.323 e. The molecule has 0 aliphatic carbocycles. The van der Waals surface area contributed by atoms with E-state index in [1.165, 1.54) is 13.8 Å². The second kappa shape index (κ2) is 6.66. The normalized spacial score (nSPS) is 18.9. The third kappa shape index (κ3) is 3.02. The van der Waals surface area contributed by atoms with Gasteiger partial charge in [0.15, 0.2) is 11.4 Å². The van der Waals surface area contributed by atoms with Crippen LogP contribution in [0.15, 0.2) is 23.4 Å². The molecule has 7 nitrogen and oxygen atoms in total. The first-order valence-corrected chi connectivity index (χ1v) is 7.99. The standard InChI is InChI=1S/C16H18N4O3S/c1-9-7-17-12(10(2)14(9)23-4)8-24(21)16-18-11-5-6-13(22-3)19-15(11)20-16/h5-7H,8H2,1-4H3,(H,18,19,20)/i3D3,4D3,5D,6D,7D. The van der Waals surface area contributed by atoms with Gasteiger partial charge < -0.3 is 14.0 Å². The van der Waals surface area contributed by atoms with Gasteiger partial charge in [-0.1, -0.05) is 0 Å². The number of H-pyrrole nitrogens is 1. The molecule has 0 aliphatic rings. The van der Waals surface area contributed by atoms with Crippen molar-refractivity contribution in [1.82, 2.24) is 19.9 Å². The Kier molecular flexibility index (Phi) is 2.41. The van der Waals surface area contributed by atoms with E-state index < -0.39 is 43.2 Å². The van der Waals surface area contributed by atoms with Gasteiger partial charge in [-0.2, -0.15) is 9.97 Å². The molecule has 0 saturated carbocycles. The lowest BCUT2D eigenvalue weighted by Crippen LogP contribution is -2.10. The number of aromatic nitrogens is 4. The van der Waals surface area contributed by atoms with Gasteiger partial charge in [-0.25, -0.2) is 0 Å². The van der Waals surface area contributed by atoms with E-state index in [1.54, 1.807) is 0 Å². The third-order valence-electron chi connectivity index (χ3n) is 3.32. The first-order chi connectivity index (χ1) is 15.1. The zero-order valence-corrected chi connectivity index (χ0v) is 13.5. The quantitative estimate of drug-likeness (QED) is 0.706. The fourth-order valence-corrected chi connectivity index (χ4v) is 3.16. The Hall–Kier alpha value is -2.32. The Labute approximate surface area is 155 Å². The van der Waals surface area contributed by atoms with Gasteiger partial charge >= 0.3 is 5.16 Å². The lowest BCUT2D eigenvalue weighted by atomic mass is 10.1. The Morgan fingerprint density at radius 1 is 1.29 bits per heavy atom. The van der Waals surface area contributed by atoms with Crippen molar-refractivity contribution in [3.05, 3.63) is 35.1 Å². The van der Waals surface area contributed by atoms with Crippen molar-refractivity contribution >= 4 is 22.3 Å². The molecule has 0 saturated heterocycles.